The third-order valence-corrected chi connectivity index (χ3v) is 4.22. The molecule has 0 bridgehead atoms. The molecule has 0 saturated carbocycles. The first-order valence-electron chi connectivity index (χ1n) is 7.22. The third-order valence-electron chi connectivity index (χ3n) is 4.01. The normalized spacial score (nSPS) is 19.5. The second-order valence-corrected chi connectivity index (χ2v) is 6.28. The van der Waals surface area contributed by atoms with Crippen molar-refractivity contribution in [2.75, 3.05) is 25.0 Å². The molecule has 4 nitrogen and oxygen atoms in total. The van der Waals surface area contributed by atoms with Crippen molar-refractivity contribution in [3.63, 3.8) is 0 Å². The smallest absolute Gasteiger partial charge is 0.136 e. The number of rotatable bonds is 5. The minimum absolute atomic E-state index is 0.410. The fraction of sp³-hybridized carbons (Fsp3) is 0.600. The lowest BCUT2D eigenvalue weighted by molar-refractivity contribution is 0.266. The average Bonchev–Trinajstić information content (AvgIpc) is 2.84. The lowest BCUT2D eigenvalue weighted by Crippen LogP contribution is -2.29. The quantitative estimate of drug-likeness (QED) is 0.815. The molecule has 1 aliphatic rings. The lowest BCUT2D eigenvalue weighted by atomic mass is 10.1. The van der Waals surface area contributed by atoms with Gasteiger partial charge in [0.25, 0.3) is 0 Å². The number of pyridine rings is 1. The van der Waals surface area contributed by atoms with Crippen LogP contribution in [-0.4, -0.2) is 40.5 Å². The highest BCUT2D eigenvalue weighted by molar-refractivity contribution is 7.80. The Hall–Kier alpha value is -1.20. The Morgan fingerprint density at radius 1 is 1.60 bits per heavy atom. The average molecular weight is 292 g/mol. The topological polar surface area (TPSA) is 54.2 Å². The number of hydrogen-bond acceptors (Lipinski definition) is 4. The number of likely N-dealkylation sites (tertiary alicyclic amines) is 1. The van der Waals surface area contributed by atoms with Crippen LogP contribution in [0.15, 0.2) is 12.3 Å². The van der Waals surface area contributed by atoms with Gasteiger partial charge in [-0.3, -0.25) is 0 Å². The van der Waals surface area contributed by atoms with Gasteiger partial charge in [0.15, 0.2) is 0 Å². The van der Waals surface area contributed by atoms with Gasteiger partial charge < -0.3 is 16.0 Å². The van der Waals surface area contributed by atoms with Crippen LogP contribution in [0.2, 0.25) is 0 Å². The van der Waals surface area contributed by atoms with Crippen LogP contribution < -0.4 is 11.1 Å². The van der Waals surface area contributed by atoms with Gasteiger partial charge in [-0.25, -0.2) is 4.98 Å². The summed E-state index contributed by atoms with van der Waals surface area (Å²) in [5, 5.41) is 3.43. The zero-order chi connectivity index (χ0) is 14.7. The van der Waals surface area contributed by atoms with Gasteiger partial charge in [-0.05, 0) is 51.3 Å². The van der Waals surface area contributed by atoms with Gasteiger partial charge in [0, 0.05) is 25.3 Å². The summed E-state index contributed by atoms with van der Waals surface area (Å²) in [6, 6.07) is 2.57. The van der Waals surface area contributed by atoms with Gasteiger partial charge in [0.1, 0.15) is 10.8 Å². The molecule has 3 N–H and O–H groups in total. The molecule has 20 heavy (non-hydrogen) atoms. The molecule has 5 heteroatoms. The molecule has 1 aromatic heterocycles. The molecule has 1 unspecified atom stereocenters. The predicted octanol–water partition coefficient (Wildman–Crippen LogP) is 2.17. The van der Waals surface area contributed by atoms with E-state index in [-0.39, 0.29) is 0 Å². The monoisotopic (exact) mass is 292 g/mol. The van der Waals surface area contributed by atoms with Crippen LogP contribution in [0.1, 0.15) is 31.4 Å². The Bertz CT molecular complexity index is 487. The Morgan fingerprint density at radius 3 is 2.95 bits per heavy atom. The van der Waals surface area contributed by atoms with E-state index in [0.717, 1.165) is 30.0 Å². The van der Waals surface area contributed by atoms with Gasteiger partial charge in [-0.1, -0.05) is 12.2 Å². The van der Waals surface area contributed by atoms with Gasteiger partial charge in [-0.15, -0.1) is 0 Å². The Morgan fingerprint density at radius 2 is 2.35 bits per heavy atom. The van der Waals surface area contributed by atoms with Gasteiger partial charge in [-0.2, -0.15) is 0 Å². The summed E-state index contributed by atoms with van der Waals surface area (Å²) in [7, 11) is 0. The minimum atomic E-state index is 0.410. The number of thiocarbonyl (C=S) groups is 1. The maximum Gasteiger partial charge on any atom is 0.136 e. The van der Waals surface area contributed by atoms with Crippen LogP contribution in [0, 0.1) is 12.8 Å². The van der Waals surface area contributed by atoms with Crippen LogP contribution in [-0.2, 0) is 0 Å². The SMILES string of the molecule is Cc1ccnc(NCC2CCN(C(C)C)C2)c1C(N)=S. The maximum atomic E-state index is 5.80. The molecule has 2 rings (SSSR count). The van der Waals surface area contributed by atoms with Crippen LogP contribution in [0.5, 0.6) is 0 Å². The molecule has 1 aromatic rings. The third kappa shape index (κ3) is 3.46. The fourth-order valence-electron chi connectivity index (χ4n) is 2.74. The molecular weight excluding hydrogens is 268 g/mol. The van der Waals surface area contributed by atoms with Crippen molar-refractivity contribution in [1.82, 2.24) is 9.88 Å². The highest BCUT2D eigenvalue weighted by Crippen LogP contribution is 2.21. The molecule has 0 radical (unpaired) electrons. The van der Waals surface area contributed by atoms with E-state index in [1.807, 2.05) is 13.0 Å². The number of nitrogens with zero attached hydrogens (tertiary/aromatic N) is 2. The summed E-state index contributed by atoms with van der Waals surface area (Å²) in [5.74, 6) is 1.49. The van der Waals surface area contributed by atoms with Crippen LogP contribution >= 0.6 is 12.2 Å². The first kappa shape index (κ1) is 15.2. The molecule has 0 aliphatic carbocycles. The van der Waals surface area contributed by atoms with Crippen LogP contribution in [0.25, 0.3) is 0 Å². The highest BCUT2D eigenvalue weighted by Gasteiger charge is 2.24. The maximum absolute atomic E-state index is 5.80. The van der Waals surface area contributed by atoms with E-state index in [9.17, 15) is 0 Å². The van der Waals surface area contributed by atoms with Crippen molar-refractivity contribution in [2.24, 2.45) is 11.7 Å². The van der Waals surface area contributed by atoms with Crippen molar-refractivity contribution in [1.29, 1.82) is 0 Å². The van der Waals surface area contributed by atoms with Crippen molar-refractivity contribution < 1.29 is 0 Å². The second kappa shape index (κ2) is 6.50. The van der Waals surface area contributed by atoms with E-state index in [0.29, 0.717) is 16.9 Å². The van der Waals surface area contributed by atoms with Crippen molar-refractivity contribution in [3.8, 4) is 0 Å². The number of nitrogens with one attached hydrogen (secondary N) is 1. The van der Waals surface area contributed by atoms with E-state index in [4.69, 9.17) is 18.0 Å². The summed E-state index contributed by atoms with van der Waals surface area (Å²) in [6.45, 7) is 9.78. The van der Waals surface area contributed by atoms with Crippen LogP contribution in [0.4, 0.5) is 5.82 Å². The standard InChI is InChI=1S/C15H24N4S/c1-10(2)19-7-5-12(9-19)8-18-15-13(14(16)20)11(3)4-6-17-15/h4,6,10,12H,5,7-9H2,1-3H3,(H2,16,20)(H,17,18). The van der Waals surface area contributed by atoms with E-state index >= 15 is 0 Å². The van der Waals surface area contributed by atoms with E-state index < -0.39 is 0 Å². The minimum Gasteiger partial charge on any atom is -0.389 e. The number of anilines is 1. The van der Waals surface area contributed by atoms with E-state index in [1.54, 1.807) is 6.20 Å². The van der Waals surface area contributed by atoms with E-state index in [2.05, 4.69) is 29.0 Å². The number of aryl methyl sites for hydroxylation is 1. The van der Waals surface area contributed by atoms with Crippen LogP contribution in [0.3, 0.4) is 0 Å². The highest BCUT2D eigenvalue weighted by atomic mass is 32.1. The fourth-order valence-corrected chi connectivity index (χ4v) is 3.00. The van der Waals surface area contributed by atoms with Gasteiger partial charge in [0.2, 0.25) is 0 Å². The Kier molecular flexibility index (Phi) is 4.94. The first-order valence-corrected chi connectivity index (χ1v) is 7.63. The summed E-state index contributed by atoms with van der Waals surface area (Å²) in [6.07, 6.45) is 3.04. The molecule has 0 aromatic carbocycles. The summed E-state index contributed by atoms with van der Waals surface area (Å²) in [4.78, 5) is 7.31. The van der Waals surface area contributed by atoms with Gasteiger partial charge >= 0.3 is 0 Å². The second-order valence-electron chi connectivity index (χ2n) is 5.84. The molecule has 1 atom stereocenters. The molecular formula is C15H24N4S. The van der Waals surface area contributed by atoms with Crippen molar-refractivity contribution >= 4 is 23.0 Å². The van der Waals surface area contributed by atoms with Crippen molar-refractivity contribution in [2.45, 2.75) is 33.2 Å². The predicted molar refractivity (Wildman–Crippen MR) is 88.2 cm³/mol. The van der Waals surface area contributed by atoms with Crippen molar-refractivity contribution in [3.05, 3.63) is 23.4 Å². The zero-order valence-electron chi connectivity index (χ0n) is 12.5. The molecule has 1 fully saturated rings. The molecule has 1 aliphatic heterocycles. The van der Waals surface area contributed by atoms with E-state index in [1.165, 1.54) is 13.0 Å². The lowest BCUT2D eigenvalue weighted by Gasteiger charge is -2.20. The molecule has 110 valence electrons. The molecule has 0 spiro atoms. The number of hydrogen-bond donors (Lipinski definition) is 2. The largest absolute Gasteiger partial charge is 0.389 e. The van der Waals surface area contributed by atoms with Gasteiger partial charge in [0.05, 0.1) is 5.56 Å². The summed E-state index contributed by atoms with van der Waals surface area (Å²) < 4.78 is 0. The Labute approximate surface area is 126 Å². The zero-order valence-corrected chi connectivity index (χ0v) is 13.3. The number of nitrogens with two attached hydrogens (primary N) is 1. The first-order chi connectivity index (χ1) is 9.49. The molecule has 2 heterocycles. The number of aromatic nitrogens is 1. The molecule has 1 saturated heterocycles. The Balaban J connectivity index is 1.98. The molecule has 0 amide bonds. The summed E-state index contributed by atoms with van der Waals surface area (Å²) >= 11 is 5.13. The summed E-state index contributed by atoms with van der Waals surface area (Å²) in [5.41, 5.74) is 7.75.